The summed E-state index contributed by atoms with van der Waals surface area (Å²) < 4.78 is 13.1. The molecule has 286 valence electrons. The molecule has 0 bridgehead atoms. The van der Waals surface area contributed by atoms with Crippen LogP contribution < -0.4 is 4.90 Å². The topological polar surface area (TPSA) is 29.5 Å². The molecule has 0 aliphatic carbocycles. The fourth-order valence-electron chi connectivity index (χ4n) is 9.16. The molecule has 0 saturated carbocycles. The van der Waals surface area contributed by atoms with E-state index < -0.39 is 0 Å². The van der Waals surface area contributed by atoms with Crippen molar-refractivity contribution in [1.29, 1.82) is 0 Å². The fourth-order valence-corrected chi connectivity index (χ4v) is 9.16. The van der Waals surface area contributed by atoms with Gasteiger partial charge in [0.25, 0.3) is 0 Å². The number of hydrogen-bond acceptors (Lipinski definition) is 3. The van der Waals surface area contributed by atoms with Crippen molar-refractivity contribution in [2.45, 2.75) is 0 Å². The van der Waals surface area contributed by atoms with Gasteiger partial charge in [0.1, 0.15) is 22.3 Å². The second-order valence-electron chi connectivity index (χ2n) is 15.6. The number of para-hydroxylation sites is 3. The first-order valence-electron chi connectivity index (χ1n) is 20.7. The van der Waals surface area contributed by atoms with E-state index in [4.69, 9.17) is 8.83 Å². The molecule has 0 amide bonds. The van der Waals surface area contributed by atoms with E-state index >= 15 is 0 Å². The molecular weight excluding hydrogens is 743 g/mol. The van der Waals surface area contributed by atoms with E-state index in [1.54, 1.807) is 0 Å². The normalized spacial score (nSPS) is 11.6. The molecule has 2 heterocycles. The highest BCUT2D eigenvalue weighted by molar-refractivity contribution is 6.20. The van der Waals surface area contributed by atoms with Crippen LogP contribution in [0.5, 0.6) is 0 Å². The van der Waals surface area contributed by atoms with Gasteiger partial charge in [-0.2, -0.15) is 0 Å². The first-order chi connectivity index (χ1) is 30.2. The van der Waals surface area contributed by atoms with Crippen LogP contribution in [0.2, 0.25) is 0 Å². The lowest BCUT2D eigenvalue weighted by atomic mass is 9.95. The van der Waals surface area contributed by atoms with Gasteiger partial charge in [0.15, 0.2) is 0 Å². The van der Waals surface area contributed by atoms with Gasteiger partial charge < -0.3 is 13.7 Å². The van der Waals surface area contributed by atoms with Crippen LogP contribution in [0.25, 0.3) is 99.2 Å². The van der Waals surface area contributed by atoms with Gasteiger partial charge >= 0.3 is 0 Å². The minimum Gasteiger partial charge on any atom is -0.455 e. The van der Waals surface area contributed by atoms with Gasteiger partial charge in [-0.1, -0.05) is 176 Å². The zero-order valence-corrected chi connectivity index (χ0v) is 33.1. The van der Waals surface area contributed by atoms with Crippen molar-refractivity contribution in [3.63, 3.8) is 0 Å². The molecule has 0 fully saturated rings. The quantitative estimate of drug-likeness (QED) is 0.161. The largest absolute Gasteiger partial charge is 0.455 e. The van der Waals surface area contributed by atoms with E-state index in [0.29, 0.717) is 0 Å². The maximum absolute atomic E-state index is 6.67. The summed E-state index contributed by atoms with van der Waals surface area (Å²) in [6, 6.07) is 79.8. The standard InChI is InChI=1S/C58H37NO2/c1-2-12-38(13-3-1)39-24-26-40(27-25-39)41-28-33-44(34-29-41)59(45-35-30-43(31-36-45)47-18-10-20-51-49-17-7-9-22-54(49)60-57(47)51)53-21-8-6-16-48(53)50-19-11-23-55-56(50)52-37-32-42-14-4-5-15-46(42)58(52)61-55/h1-37H. The van der Waals surface area contributed by atoms with Gasteiger partial charge in [-0.15, -0.1) is 0 Å². The summed E-state index contributed by atoms with van der Waals surface area (Å²) in [6.45, 7) is 0. The molecule has 0 atom stereocenters. The Morgan fingerprint density at radius 1 is 0.279 bits per heavy atom. The molecule has 12 rings (SSSR count). The van der Waals surface area contributed by atoms with Crippen LogP contribution in [0.15, 0.2) is 233 Å². The first kappa shape index (κ1) is 34.9. The second kappa shape index (κ2) is 14.3. The average molecular weight is 780 g/mol. The first-order valence-corrected chi connectivity index (χ1v) is 20.7. The minimum absolute atomic E-state index is 0.872. The Balaban J connectivity index is 0.999. The molecule has 0 N–H and O–H groups in total. The number of hydrogen-bond donors (Lipinski definition) is 0. The molecule has 0 saturated heterocycles. The predicted molar refractivity (Wildman–Crippen MR) is 255 cm³/mol. The van der Waals surface area contributed by atoms with E-state index in [2.05, 4.69) is 217 Å². The molecule has 0 aliphatic rings. The lowest BCUT2D eigenvalue weighted by Gasteiger charge is -2.28. The molecule has 0 aliphatic heterocycles. The summed E-state index contributed by atoms with van der Waals surface area (Å²) in [5, 5.41) is 6.75. The Kier molecular flexibility index (Phi) is 8.17. The number of benzene rings is 10. The summed E-state index contributed by atoms with van der Waals surface area (Å²) >= 11 is 0. The summed E-state index contributed by atoms with van der Waals surface area (Å²) in [5.74, 6) is 0. The SMILES string of the molecule is c1ccc(-c2ccc(-c3ccc(N(c4ccc(-c5cccc6c5oc5ccccc56)cc4)c4ccccc4-c4cccc5oc6c7ccccc7ccc6c45)cc3)cc2)cc1. The summed E-state index contributed by atoms with van der Waals surface area (Å²) in [6.07, 6.45) is 0. The van der Waals surface area contributed by atoms with Crippen molar-refractivity contribution in [3.05, 3.63) is 224 Å². The fraction of sp³-hybridized carbons (Fsp3) is 0. The summed E-state index contributed by atoms with van der Waals surface area (Å²) in [7, 11) is 0. The van der Waals surface area contributed by atoms with Crippen molar-refractivity contribution >= 4 is 71.7 Å². The molecule has 3 nitrogen and oxygen atoms in total. The molecule has 3 heteroatoms. The van der Waals surface area contributed by atoms with Gasteiger partial charge in [-0.25, -0.2) is 0 Å². The van der Waals surface area contributed by atoms with Crippen LogP contribution in [0.4, 0.5) is 17.1 Å². The number of nitrogens with zero attached hydrogens (tertiary/aromatic N) is 1. The number of fused-ring (bicyclic) bond motifs is 8. The van der Waals surface area contributed by atoms with Crippen LogP contribution >= 0.6 is 0 Å². The minimum atomic E-state index is 0.872. The molecule has 0 spiro atoms. The Morgan fingerprint density at radius 3 is 1.57 bits per heavy atom. The van der Waals surface area contributed by atoms with Gasteiger partial charge in [0.2, 0.25) is 0 Å². The summed E-state index contributed by atoms with van der Waals surface area (Å²) in [4.78, 5) is 2.37. The van der Waals surface area contributed by atoms with E-state index in [0.717, 1.165) is 99.5 Å². The Bertz CT molecular complexity index is 3560. The highest BCUT2D eigenvalue weighted by atomic mass is 16.3. The van der Waals surface area contributed by atoms with Crippen molar-refractivity contribution in [1.82, 2.24) is 0 Å². The van der Waals surface area contributed by atoms with Crippen LogP contribution in [0.3, 0.4) is 0 Å². The Hall–Kier alpha value is -8.14. The van der Waals surface area contributed by atoms with Crippen molar-refractivity contribution in [2.75, 3.05) is 4.90 Å². The van der Waals surface area contributed by atoms with Crippen molar-refractivity contribution in [2.24, 2.45) is 0 Å². The zero-order valence-electron chi connectivity index (χ0n) is 33.1. The van der Waals surface area contributed by atoms with E-state index in [1.807, 2.05) is 12.1 Å². The molecule has 0 unspecified atom stereocenters. The summed E-state index contributed by atoms with van der Waals surface area (Å²) in [5.41, 5.74) is 15.9. The van der Waals surface area contributed by atoms with Gasteiger partial charge in [-0.3, -0.25) is 0 Å². The zero-order chi connectivity index (χ0) is 40.3. The second-order valence-corrected chi connectivity index (χ2v) is 15.6. The molecular formula is C58H37NO2. The molecule has 12 aromatic rings. The highest BCUT2D eigenvalue weighted by Gasteiger charge is 2.22. The maximum atomic E-state index is 6.67. The van der Waals surface area contributed by atoms with Crippen molar-refractivity contribution in [3.8, 4) is 44.5 Å². The highest BCUT2D eigenvalue weighted by Crippen LogP contribution is 2.46. The van der Waals surface area contributed by atoms with Gasteiger partial charge in [-0.05, 0) is 87.3 Å². The average Bonchev–Trinajstić information content (AvgIpc) is 3.92. The predicted octanol–water partition coefficient (Wildman–Crippen LogP) is 16.8. The molecule has 10 aromatic carbocycles. The van der Waals surface area contributed by atoms with E-state index in [9.17, 15) is 0 Å². The van der Waals surface area contributed by atoms with Crippen LogP contribution in [-0.2, 0) is 0 Å². The van der Waals surface area contributed by atoms with Crippen LogP contribution in [0, 0.1) is 0 Å². The lowest BCUT2D eigenvalue weighted by Crippen LogP contribution is -2.11. The third-order valence-electron chi connectivity index (χ3n) is 12.1. The third kappa shape index (κ3) is 5.90. The maximum Gasteiger partial charge on any atom is 0.143 e. The van der Waals surface area contributed by atoms with E-state index in [-0.39, 0.29) is 0 Å². The van der Waals surface area contributed by atoms with Crippen LogP contribution in [-0.4, -0.2) is 0 Å². The third-order valence-corrected chi connectivity index (χ3v) is 12.1. The lowest BCUT2D eigenvalue weighted by molar-refractivity contribution is 0.670. The van der Waals surface area contributed by atoms with Gasteiger partial charge in [0.05, 0.1) is 5.69 Å². The number of anilines is 3. The van der Waals surface area contributed by atoms with E-state index in [1.165, 1.54) is 16.7 Å². The Morgan fingerprint density at radius 2 is 0.803 bits per heavy atom. The number of rotatable bonds is 7. The number of furan rings is 2. The monoisotopic (exact) mass is 779 g/mol. The van der Waals surface area contributed by atoms with Gasteiger partial charge in [0, 0.05) is 49.4 Å². The van der Waals surface area contributed by atoms with Crippen LogP contribution in [0.1, 0.15) is 0 Å². The smallest absolute Gasteiger partial charge is 0.143 e. The Labute approximate surface area is 353 Å². The molecule has 0 radical (unpaired) electrons. The molecule has 2 aromatic heterocycles. The van der Waals surface area contributed by atoms with Crippen molar-refractivity contribution < 1.29 is 8.83 Å². The molecule has 61 heavy (non-hydrogen) atoms.